The molecule has 2 unspecified atom stereocenters. The van der Waals surface area contributed by atoms with Crippen molar-refractivity contribution < 1.29 is 9.53 Å². The molecule has 2 nitrogen and oxygen atoms in total. The van der Waals surface area contributed by atoms with E-state index in [0.717, 1.165) is 36.0 Å². The van der Waals surface area contributed by atoms with Crippen molar-refractivity contribution in [1.29, 1.82) is 0 Å². The van der Waals surface area contributed by atoms with Crippen LogP contribution in [0, 0.1) is 35.5 Å². The largest absolute Gasteiger partial charge is 0.445 e. The van der Waals surface area contributed by atoms with Gasteiger partial charge in [0.2, 0.25) is 0 Å². The molecule has 0 aliphatic heterocycles. The van der Waals surface area contributed by atoms with Gasteiger partial charge in [-0.15, -0.1) is 0 Å². The second kappa shape index (κ2) is 3.99. The summed E-state index contributed by atoms with van der Waals surface area (Å²) in [5.74, 6) is 5.00. The average molecular weight is 372 g/mol. The Morgan fingerprint density at radius 2 is 1.89 bits per heavy atom. The summed E-state index contributed by atoms with van der Waals surface area (Å²) in [6.45, 7) is 5.46. The molecule has 4 aliphatic carbocycles. The molecular weight excluding hydrogens is 351 g/mol. The molecule has 0 amide bonds. The SMILES string of the molecule is C=C(C)C(=O)O[C@]1(I)C[C@@H]2C[C@H]1C1C2[C@@H]2CC[C@H]1C2. The Kier molecular flexibility index (Phi) is 2.66. The number of esters is 1. The highest BCUT2D eigenvalue weighted by atomic mass is 127. The van der Waals surface area contributed by atoms with Crippen LogP contribution in [0.3, 0.4) is 0 Å². The van der Waals surface area contributed by atoms with Gasteiger partial charge in [0.25, 0.3) is 0 Å². The monoisotopic (exact) mass is 372 g/mol. The first-order valence-corrected chi connectivity index (χ1v) is 8.65. The van der Waals surface area contributed by atoms with E-state index < -0.39 is 0 Å². The molecule has 0 heterocycles. The van der Waals surface area contributed by atoms with Gasteiger partial charge in [-0.2, -0.15) is 0 Å². The van der Waals surface area contributed by atoms with Crippen LogP contribution in [0.4, 0.5) is 0 Å². The van der Waals surface area contributed by atoms with Crippen LogP contribution < -0.4 is 0 Å². The lowest BCUT2D eigenvalue weighted by Gasteiger charge is -2.42. The molecule has 4 bridgehead atoms. The van der Waals surface area contributed by atoms with Crippen molar-refractivity contribution in [2.75, 3.05) is 0 Å². The Morgan fingerprint density at radius 1 is 1.21 bits per heavy atom. The van der Waals surface area contributed by atoms with Crippen LogP contribution in [0.5, 0.6) is 0 Å². The maximum atomic E-state index is 11.9. The van der Waals surface area contributed by atoms with E-state index in [4.69, 9.17) is 4.74 Å². The molecule has 0 aromatic rings. The standard InChI is InChI=1S/C16H21IO2/c1-8(2)15(18)19-16(17)7-11-6-12(16)14-10-4-3-9(5-10)13(11)14/h9-14H,1,3-7H2,2H3/t9-,10+,11+,12+,13?,14?,16-/m1/s1. The lowest BCUT2D eigenvalue weighted by molar-refractivity contribution is -0.151. The van der Waals surface area contributed by atoms with Gasteiger partial charge in [-0.25, -0.2) is 4.79 Å². The Labute approximate surface area is 128 Å². The minimum Gasteiger partial charge on any atom is -0.445 e. The third-order valence-electron chi connectivity index (χ3n) is 6.32. The van der Waals surface area contributed by atoms with Gasteiger partial charge in [0.15, 0.2) is 3.61 Å². The van der Waals surface area contributed by atoms with Crippen molar-refractivity contribution in [3.05, 3.63) is 12.2 Å². The van der Waals surface area contributed by atoms with Gasteiger partial charge in [0.1, 0.15) is 0 Å². The zero-order chi connectivity index (χ0) is 13.4. The van der Waals surface area contributed by atoms with Gasteiger partial charge in [-0.05, 0) is 91.2 Å². The fraction of sp³-hybridized carbons (Fsp3) is 0.812. The number of hydrogen-bond donors (Lipinski definition) is 0. The lowest BCUT2D eigenvalue weighted by Crippen LogP contribution is -2.43. The third kappa shape index (κ3) is 1.63. The molecule has 19 heavy (non-hydrogen) atoms. The van der Waals surface area contributed by atoms with Crippen LogP contribution in [-0.2, 0) is 9.53 Å². The highest BCUT2D eigenvalue weighted by Gasteiger charge is 2.67. The Balaban J connectivity index is 1.59. The molecule has 4 fully saturated rings. The van der Waals surface area contributed by atoms with Gasteiger partial charge in [-0.3, -0.25) is 0 Å². The van der Waals surface area contributed by atoms with E-state index in [-0.39, 0.29) is 9.58 Å². The molecule has 3 heteroatoms. The predicted molar refractivity (Wildman–Crippen MR) is 81.7 cm³/mol. The average Bonchev–Trinajstić information content (AvgIpc) is 3.03. The summed E-state index contributed by atoms with van der Waals surface area (Å²) in [5, 5.41) is 0. The van der Waals surface area contributed by atoms with Crippen LogP contribution in [0.2, 0.25) is 0 Å². The number of halogens is 1. The molecule has 0 N–H and O–H groups in total. The molecule has 4 saturated carbocycles. The smallest absolute Gasteiger partial charge is 0.334 e. The van der Waals surface area contributed by atoms with Crippen molar-refractivity contribution in [3.63, 3.8) is 0 Å². The third-order valence-corrected chi connectivity index (χ3v) is 7.78. The molecule has 104 valence electrons. The van der Waals surface area contributed by atoms with Crippen LogP contribution in [0.1, 0.15) is 39.0 Å². The fourth-order valence-corrected chi connectivity index (χ4v) is 7.30. The van der Waals surface area contributed by atoms with Crippen LogP contribution in [-0.4, -0.2) is 9.58 Å². The summed E-state index contributed by atoms with van der Waals surface area (Å²) in [5.41, 5.74) is 0.531. The minimum atomic E-state index is -0.232. The lowest BCUT2D eigenvalue weighted by atomic mass is 9.70. The maximum Gasteiger partial charge on any atom is 0.334 e. The summed E-state index contributed by atoms with van der Waals surface area (Å²) >= 11 is 2.44. The summed E-state index contributed by atoms with van der Waals surface area (Å²) in [6.07, 6.45) is 6.74. The van der Waals surface area contributed by atoms with E-state index in [1.54, 1.807) is 6.92 Å². The number of fused-ring (bicyclic) bond motifs is 9. The molecule has 0 saturated heterocycles. The first kappa shape index (κ1) is 12.7. The van der Waals surface area contributed by atoms with Gasteiger partial charge in [0.05, 0.1) is 0 Å². The number of carbonyl (C=O) groups excluding carboxylic acids is 1. The van der Waals surface area contributed by atoms with Crippen molar-refractivity contribution in [3.8, 4) is 0 Å². The van der Waals surface area contributed by atoms with Crippen molar-refractivity contribution in [2.24, 2.45) is 35.5 Å². The second-order valence-corrected chi connectivity index (χ2v) is 9.08. The number of carbonyl (C=O) groups is 1. The van der Waals surface area contributed by atoms with Crippen molar-refractivity contribution >= 4 is 28.6 Å². The summed E-state index contributed by atoms with van der Waals surface area (Å²) in [6, 6.07) is 0. The summed E-state index contributed by atoms with van der Waals surface area (Å²) in [7, 11) is 0. The van der Waals surface area contributed by atoms with Gasteiger partial charge >= 0.3 is 5.97 Å². The van der Waals surface area contributed by atoms with E-state index in [1.807, 2.05) is 0 Å². The number of ether oxygens (including phenoxy) is 1. The van der Waals surface area contributed by atoms with Crippen LogP contribution in [0.15, 0.2) is 12.2 Å². The second-order valence-electron chi connectivity index (χ2n) is 7.25. The van der Waals surface area contributed by atoms with Gasteiger partial charge in [-0.1, -0.05) is 6.58 Å². The molecule has 0 spiro atoms. The van der Waals surface area contributed by atoms with E-state index in [1.165, 1.54) is 25.7 Å². The van der Waals surface area contributed by atoms with Crippen LogP contribution >= 0.6 is 22.6 Å². The Bertz CT molecular complexity index is 460. The van der Waals surface area contributed by atoms with E-state index in [2.05, 4.69) is 29.2 Å². The molecule has 4 aliphatic rings. The van der Waals surface area contributed by atoms with Gasteiger partial charge < -0.3 is 4.74 Å². The van der Waals surface area contributed by atoms with E-state index in [9.17, 15) is 4.79 Å². The number of alkyl halides is 1. The van der Waals surface area contributed by atoms with E-state index >= 15 is 0 Å². The predicted octanol–water partition coefficient (Wildman–Crippen LogP) is 3.94. The molecule has 7 atom stereocenters. The first-order valence-electron chi connectivity index (χ1n) is 7.57. The van der Waals surface area contributed by atoms with Crippen molar-refractivity contribution in [1.82, 2.24) is 0 Å². The van der Waals surface area contributed by atoms with Gasteiger partial charge in [0, 0.05) is 11.5 Å². The zero-order valence-electron chi connectivity index (χ0n) is 11.4. The Hall–Kier alpha value is -0.0600. The highest BCUT2D eigenvalue weighted by molar-refractivity contribution is 14.1. The number of rotatable bonds is 2. The van der Waals surface area contributed by atoms with Crippen molar-refractivity contribution in [2.45, 2.75) is 42.6 Å². The first-order chi connectivity index (χ1) is 8.99. The highest BCUT2D eigenvalue weighted by Crippen LogP contribution is 2.71. The quantitative estimate of drug-likeness (QED) is 0.241. The number of hydrogen-bond acceptors (Lipinski definition) is 2. The van der Waals surface area contributed by atoms with Crippen LogP contribution in [0.25, 0.3) is 0 Å². The molecule has 0 aromatic heterocycles. The normalized spacial score (nSPS) is 53.4. The molecule has 0 radical (unpaired) electrons. The summed E-state index contributed by atoms with van der Waals surface area (Å²) < 4.78 is 5.63. The fourth-order valence-electron chi connectivity index (χ4n) is 5.87. The Morgan fingerprint density at radius 3 is 2.58 bits per heavy atom. The zero-order valence-corrected chi connectivity index (χ0v) is 13.6. The minimum absolute atomic E-state index is 0.193. The molecular formula is C16H21IO2. The summed E-state index contributed by atoms with van der Waals surface area (Å²) in [4.78, 5) is 11.9. The topological polar surface area (TPSA) is 26.3 Å². The maximum absolute atomic E-state index is 11.9. The molecule has 4 rings (SSSR count). The van der Waals surface area contributed by atoms with E-state index in [0.29, 0.717) is 11.5 Å². The molecule has 0 aromatic carbocycles.